The van der Waals surface area contributed by atoms with Gasteiger partial charge in [0.15, 0.2) is 0 Å². The Balaban J connectivity index is 1.62. The zero-order valence-electron chi connectivity index (χ0n) is 14.8. The molecule has 1 unspecified atom stereocenters. The van der Waals surface area contributed by atoms with Gasteiger partial charge in [0, 0.05) is 54.9 Å². The summed E-state index contributed by atoms with van der Waals surface area (Å²) in [6, 6.07) is 10.0. The minimum absolute atomic E-state index is 0.139. The highest BCUT2D eigenvalue weighted by atomic mass is 32.2. The van der Waals surface area contributed by atoms with Crippen LogP contribution in [0, 0.1) is 6.92 Å². The van der Waals surface area contributed by atoms with Gasteiger partial charge in [0.25, 0.3) is 11.8 Å². The summed E-state index contributed by atoms with van der Waals surface area (Å²) in [4.78, 5) is 32.6. The van der Waals surface area contributed by atoms with Crippen molar-refractivity contribution in [2.24, 2.45) is 0 Å². The van der Waals surface area contributed by atoms with Crippen LogP contribution in [0.5, 0.6) is 0 Å². The summed E-state index contributed by atoms with van der Waals surface area (Å²) in [5, 5.41) is 0. The van der Waals surface area contributed by atoms with Crippen LogP contribution in [0.2, 0.25) is 0 Å². The van der Waals surface area contributed by atoms with Crippen molar-refractivity contribution < 1.29 is 18.4 Å². The summed E-state index contributed by atoms with van der Waals surface area (Å²) in [5.74, 6) is -0.280. The molecule has 1 N–H and O–H groups in total. The Morgan fingerprint density at radius 2 is 1.74 bits per heavy atom. The summed E-state index contributed by atoms with van der Waals surface area (Å²) in [7, 11) is 0. The van der Waals surface area contributed by atoms with Gasteiger partial charge < -0.3 is 19.1 Å². The molecule has 2 aromatic rings. The van der Waals surface area contributed by atoms with Crippen LogP contribution in [0.15, 0.2) is 42.6 Å². The number of nitrogens with zero attached hydrogens (tertiary/aromatic N) is 3. The van der Waals surface area contributed by atoms with Crippen molar-refractivity contribution in [1.29, 1.82) is 0 Å². The lowest BCUT2D eigenvalue weighted by Crippen LogP contribution is -2.50. The van der Waals surface area contributed by atoms with Crippen molar-refractivity contribution in [3.63, 3.8) is 0 Å². The molecule has 142 valence electrons. The maximum Gasteiger partial charge on any atom is 0.272 e. The smallest absolute Gasteiger partial charge is 0.272 e. The Morgan fingerprint density at radius 1 is 1.07 bits per heavy atom. The van der Waals surface area contributed by atoms with Gasteiger partial charge in [0.2, 0.25) is 0 Å². The highest BCUT2D eigenvalue weighted by Crippen LogP contribution is 2.19. The second-order valence-corrected chi connectivity index (χ2v) is 6.84. The quantitative estimate of drug-likeness (QED) is 0.794. The Kier molecular flexibility index (Phi) is 5.82. The molecule has 1 fully saturated rings. The summed E-state index contributed by atoms with van der Waals surface area (Å²) >= 11 is -2.41. The van der Waals surface area contributed by atoms with E-state index in [2.05, 4.69) is 9.71 Å². The molecule has 9 heteroatoms. The number of pyridine rings is 1. The van der Waals surface area contributed by atoms with Gasteiger partial charge in [-0.25, -0.2) is 0 Å². The summed E-state index contributed by atoms with van der Waals surface area (Å²) in [6.45, 7) is 3.47. The SMILES string of the molecule is Cc1cc(C(=O)N2CCN(C(=O)c3ccccn3)CC2)ccc1NS(=O)[O-]. The number of carbonyl (C=O) groups is 2. The van der Waals surface area contributed by atoms with E-state index in [9.17, 15) is 18.4 Å². The van der Waals surface area contributed by atoms with Crippen molar-refractivity contribution in [1.82, 2.24) is 14.8 Å². The first-order valence-corrected chi connectivity index (χ1v) is 9.49. The van der Waals surface area contributed by atoms with E-state index in [0.29, 0.717) is 48.7 Å². The summed E-state index contributed by atoms with van der Waals surface area (Å²) < 4.78 is 23.8. The molecule has 1 saturated heterocycles. The van der Waals surface area contributed by atoms with Crippen LogP contribution >= 0.6 is 0 Å². The van der Waals surface area contributed by atoms with Gasteiger partial charge >= 0.3 is 0 Å². The fourth-order valence-corrected chi connectivity index (χ4v) is 3.36. The predicted octanol–water partition coefficient (Wildman–Crippen LogP) is 1.19. The van der Waals surface area contributed by atoms with E-state index in [0.717, 1.165) is 0 Å². The number of hydrogen-bond donors (Lipinski definition) is 1. The highest BCUT2D eigenvalue weighted by Gasteiger charge is 2.26. The number of aromatic nitrogens is 1. The normalized spacial score (nSPS) is 15.3. The van der Waals surface area contributed by atoms with Crippen LogP contribution in [0.4, 0.5) is 5.69 Å². The van der Waals surface area contributed by atoms with E-state index in [1.807, 2.05) is 0 Å². The Morgan fingerprint density at radius 3 is 2.30 bits per heavy atom. The number of aryl methyl sites for hydroxylation is 1. The molecule has 2 heterocycles. The number of anilines is 1. The molecule has 0 bridgehead atoms. The van der Waals surface area contributed by atoms with Gasteiger partial charge in [-0.3, -0.25) is 18.8 Å². The second kappa shape index (κ2) is 8.28. The minimum Gasteiger partial charge on any atom is -0.755 e. The van der Waals surface area contributed by atoms with Crippen LogP contribution in [0.3, 0.4) is 0 Å². The lowest BCUT2D eigenvalue weighted by Gasteiger charge is -2.34. The summed E-state index contributed by atoms with van der Waals surface area (Å²) in [5.41, 5.74) is 1.98. The van der Waals surface area contributed by atoms with Gasteiger partial charge in [-0.15, -0.1) is 0 Å². The molecule has 0 radical (unpaired) electrons. The Hall–Kier alpha value is -2.78. The molecule has 1 aliphatic rings. The average Bonchev–Trinajstić information content (AvgIpc) is 2.69. The third kappa shape index (κ3) is 4.50. The van der Waals surface area contributed by atoms with Crippen molar-refractivity contribution in [3.05, 3.63) is 59.4 Å². The van der Waals surface area contributed by atoms with Crippen LogP contribution in [-0.2, 0) is 11.3 Å². The maximum absolute atomic E-state index is 12.7. The van der Waals surface area contributed by atoms with E-state index >= 15 is 0 Å². The standard InChI is InChI=1S/C18H20N4O4S/c1-13-12-14(5-6-15(13)20-27(25)26)17(23)21-8-10-22(11-9-21)18(24)16-4-2-3-7-19-16/h2-7,12,20H,8-11H2,1H3,(H,25,26)/p-1. The number of amides is 2. The average molecular weight is 387 g/mol. The van der Waals surface area contributed by atoms with E-state index < -0.39 is 11.3 Å². The van der Waals surface area contributed by atoms with Gasteiger partial charge in [-0.05, 0) is 42.8 Å². The largest absolute Gasteiger partial charge is 0.755 e. The molecule has 1 atom stereocenters. The van der Waals surface area contributed by atoms with Crippen LogP contribution < -0.4 is 4.72 Å². The molecule has 3 rings (SSSR count). The van der Waals surface area contributed by atoms with Gasteiger partial charge in [0.1, 0.15) is 5.69 Å². The second-order valence-electron chi connectivity index (χ2n) is 6.17. The highest BCUT2D eigenvalue weighted by molar-refractivity contribution is 7.80. The van der Waals surface area contributed by atoms with Gasteiger partial charge in [0.05, 0.1) is 0 Å². The van der Waals surface area contributed by atoms with Gasteiger partial charge in [-0.1, -0.05) is 6.07 Å². The zero-order chi connectivity index (χ0) is 19.4. The first-order chi connectivity index (χ1) is 13.0. The van der Waals surface area contributed by atoms with Crippen LogP contribution in [0.1, 0.15) is 26.4 Å². The van der Waals surface area contributed by atoms with Crippen LogP contribution in [0.25, 0.3) is 0 Å². The van der Waals surface area contributed by atoms with E-state index in [1.54, 1.807) is 59.3 Å². The third-order valence-electron chi connectivity index (χ3n) is 4.40. The lowest BCUT2D eigenvalue weighted by atomic mass is 10.1. The van der Waals surface area contributed by atoms with Crippen LogP contribution in [-0.4, -0.2) is 61.5 Å². The molecular weight excluding hydrogens is 368 g/mol. The van der Waals surface area contributed by atoms with Crippen molar-refractivity contribution >= 4 is 28.8 Å². The molecule has 1 aromatic carbocycles. The molecule has 2 amide bonds. The van der Waals surface area contributed by atoms with E-state index in [-0.39, 0.29) is 11.8 Å². The zero-order valence-corrected chi connectivity index (χ0v) is 15.6. The molecule has 27 heavy (non-hydrogen) atoms. The fraction of sp³-hybridized carbons (Fsp3) is 0.278. The molecular formula is C18H19N4O4S-. The van der Waals surface area contributed by atoms with E-state index in [1.165, 1.54) is 0 Å². The minimum atomic E-state index is -2.41. The number of nitrogens with one attached hydrogen (secondary N) is 1. The number of piperazine rings is 1. The third-order valence-corrected chi connectivity index (χ3v) is 4.79. The molecule has 8 nitrogen and oxygen atoms in total. The number of benzene rings is 1. The summed E-state index contributed by atoms with van der Waals surface area (Å²) in [6.07, 6.45) is 1.58. The Labute approximate surface area is 159 Å². The molecule has 1 aromatic heterocycles. The first kappa shape index (κ1) is 19.0. The molecule has 0 aliphatic carbocycles. The number of rotatable bonds is 4. The topological polar surface area (TPSA) is 106 Å². The van der Waals surface area contributed by atoms with E-state index in [4.69, 9.17) is 0 Å². The number of carbonyl (C=O) groups excluding carboxylic acids is 2. The maximum atomic E-state index is 12.7. The lowest BCUT2D eigenvalue weighted by molar-refractivity contribution is 0.0532. The van der Waals surface area contributed by atoms with Crippen molar-refractivity contribution in [2.75, 3.05) is 30.9 Å². The Bertz CT molecular complexity index is 867. The molecule has 1 aliphatic heterocycles. The van der Waals surface area contributed by atoms with Crippen molar-refractivity contribution in [2.45, 2.75) is 6.92 Å². The first-order valence-electron chi connectivity index (χ1n) is 8.42. The molecule has 0 saturated carbocycles. The monoisotopic (exact) mass is 387 g/mol. The fourth-order valence-electron chi connectivity index (χ4n) is 2.95. The van der Waals surface area contributed by atoms with Crippen molar-refractivity contribution in [3.8, 4) is 0 Å². The number of hydrogen-bond acceptors (Lipinski definition) is 5. The van der Waals surface area contributed by atoms with Gasteiger partial charge in [-0.2, -0.15) is 0 Å². The molecule has 0 spiro atoms. The predicted molar refractivity (Wildman–Crippen MR) is 99.8 cm³/mol.